The molecule has 0 spiro atoms. The second kappa shape index (κ2) is 4.24. The summed E-state index contributed by atoms with van der Waals surface area (Å²) in [6.07, 6.45) is -1.01. The quantitative estimate of drug-likeness (QED) is 0.572. The Kier molecular flexibility index (Phi) is 3.46. The van der Waals surface area contributed by atoms with Gasteiger partial charge in [0, 0.05) is 7.11 Å². The van der Waals surface area contributed by atoms with E-state index in [-0.39, 0.29) is 18.1 Å². The summed E-state index contributed by atoms with van der Waals surface area (Å²) in [5.41, 5.74) is 0. The first-order valence-corrected chi connectivity index (χ1v) is 5.93. The van der Waals surface area contributed by atoms with E-state index in [0.29, 0.717) is 0 Å². The van der Waals surface area contributed by atoms with Gasteiger partial charge in [0.25, 0.3) is 0 Å². The lowest BCUT2D eigenvalue weighted by Crippen LogP contribution is -2.44. The Hall–Kier alpha value is -0.660. The molecule has 0 aliphatic carbocycles. The number of amides is 1. The molecule has 0 saturated carbocycles. The zero-order valence-electron chi connectivity index (χ0n) is 7.76. The van der Waals surface area contributed by atoms with Crippen molar-refractivity contribution in [1.82, 2.24) is 5.32 Å². The van der Waals surface area contributed by atoms with Crippen LogP contribution in [0.3, 0.4) is 0 Å². The first-order chi connectivity index (χ1) is 6.44. The third-order valence-corrected chi connectivity index (χ3v) is 3.66. The van der Waals surface area contributed by atoms with Gasteiger partial charge in [-0.15, -0.1) is 0 Å². The van der Waals surface area contributed by atoms with Crippen molar-refractivity contribution >= 4 is 15.7 Å². The number of methoxy groups -OCH3 is 1. The Morgan fingerprint density at radius 1 is 1.57 bits per heavy atom. The van der Waals surface area contributed by atoms with E-state index in [0.717, 1.165) is 0 Å². The predicted octanol–water partition coefficient (Wildman–Crippen LogP) is -2.09. The van der Waals surface area contributed by atoms with Gasteiger partial charge in [0.15, 0.2) is 9.84 Å². The highest BCUT2D eigenvalue weighted by molar-refractivity contribution is 7.91. The average Bonchev–Trinajstić information content (AvgIpc) is 2.25. The first-order valence-electron chi connectivity index (χ1n) is 4.11. The van der Waals surface area contributed by atoms with Crippen LogP contribution in [-0.2, 0) is 19.4 Å². The summed E-state index contributed by atoms with van der Waals surface area (Å²) in [6, 6.07) is -0.706. The molecule has 1 heterocycles. The number of sulfone groups is 1. The van der Waals surface area contributed by atoms with E-state index < -0.39 is 27.9 Å². The average molecular weight is 223 g/mol. The van der Waals surface area contributed by atoms with Crippen LogP contribution >= 0.6 is 0 Å². The number of rotatable bonds is 3. The van der Waals surface area contributed by atoms with Crippen molar-refractivity contribution in [3.05, 3.63) is 0 Å². The molecule has 2 atom stereocenters. The highest BCUT2D eigenvalue weighted by Crippen LogP contribution is 2.12. The lowest BCUT2D eigenvalue weighted by atomic mass is 10.2. The summed E-state index contributed by atoms with van der Waals surface area (Å²) in [4.78, 5) is 11.0. The molecule has 2 N–H and O–H groups in total. The molecule has 0 aromatic heterocycles. The highest BCUT2D eigenvalue weighted by Gasteiger charge is 2.37. The van der Waals surface area contributed by atoms with Crippen molar-refractivity contribution in [2.24, 2.45) is 0 Å². The second-order valence-electron chi connectivity index (χ2n) is 3.25. The fraction of sp³-hybridized carbons (Fsp3) is 0.857. The monoisotopic (exact) mass is 223 g/mol. The van der Waals surface area contributed by atoms with Crippen LogP contribution in [0.4, 0.5) is 0 Å². The largest absolute Gasteiger partial charge is 0.390 e. The molecule has 0 aromatic carbocycles. The van der Waals surface area contributed by atoms with Gasteiger partial charge in [-0.1, -0.05) is 0 Å². The number of nitrogens with one attached hydrogen (secondary N) is 1. The molecule has 1 amide bonds. The Balaban J connectivity index is 2.51. The van der Waals surface area contributed by atoms with Gasteiger partial charge < -0.3 is 15.2 Å². The minimum atomic E-state index is -3.21. The van der Waals surface area contributed by atoms with Crippen LogP contribution in [-0.4, -0.2) is 56.8 Å². The topological polar surface area (TPSA) is 92.7 Å². The Morgan fingerprint density at radius 3 is 2.64 bits per heavy atom. The number of aliphatic hydroxyl groups excluding tert-OH is 1. The highest BCUT2D eigenvalue weighted by atomic mass is 32.2. The lowest BCUT2D eigenvalue weighted by Gasteiger charge is -2.14. The minimum Gasteiger partial charge on any atom is -0.390 e. The molecule has 82 valence electrons. The SMILES string of the molecule is COCC(=O)N[C@@H]1CS(=O)(=O)C[C@H]1O. The van der Waals surface area contributed by atoms with E-state index in [1.807, 2.05) is 0 Å². The summed E-state index contributed by atoms with van der Waals surface area (Å²) >= 11 is 0. The van der Waals surface area contributed by atoms with E-state index in [2.05, 4.69) is 10.1 Å². The summed E-state index contributed by atoms with van der Waals surface area (Å²) in [5.74, 6) is -0.914. The van der Waals surface area contributed by atoms with Gasteiger partial charge in [-0.2, -0.15) is 0 Å². The molecule has 0 aromatic rings. The molecule has 1 saturated heterocycles. The molecule has 1 aliphatic rings. The van der Waals surface area contributed by atoms with Crippen molar-refractivity contribution < 1.29 is 23.1 Å². The number of hydrogen-bond acceptors (Lipinski definition) is 5. The van der Waals surface area contributed by atoms with E-state index in [1.54, 1.807) is 0 Å². The van der Waals surface area contributed by atoms with E-state index in [4.69, 9.17) is 0 Å². The molecule has 0 unspecified atom stereocenters. The molecule has 1 rings (SSSR count). The summed E-state index contributed by atoms with van der Waals surface area (Å²) in [5, 5.41) is 11.7. The van der Waals surface area contributed by atoms with Crippen LogP contribution in [0.2, 0.25) is 0 Å². The molecule has 14 heavy (non-hydrogen) atoms. The van der Waals surface area contributed by atoms with E-state index in [9.17, 15) is 18.3 Å². The van der Waals surface area contributed by atoms with Crippen molar-refractivity contribution in [2.45, 2.75) is 12.1 Å². The summed E-state index contributed by atoms with van der Waals surface area (Å²) in [7, 11) is -1.85. The smallest absolute Gasteiger partial charge is 0.246 e. The Morgan fingerprint density at radius 2 is 2.21 bits per heavy atom. The van der Waals surface area contributed by atoms with Crippen molar-refractivity contribution in [2.75, 3.05) is 25.2 Å². The number of carbonyl (C=O) groups excluding carboxylic acids is 1. The maximum Gasteiger partial charge on any atom is 0.246 e. The lowest BCUT2D eigenvalue weighted by molar-refractivity contribution is -0.125. The normalized spacial score (nSPS) is 30.1. The van der Waals surface area contributed by atoms with Gasteiger partial charge in [-0.05, 0) is 0 Å². The Bertz CT molecular complexity index is 312. The van der Waals surface area contributed by atoms with Gasteiger partial charge in [0.2, 0.25) is 5.91 Å². The molecule has 0 bridgehead atoms. The summed E-state index contributed by atoms with van der Waals surface area (Å²) < 4.78 is 26.7. The van der Waals surface area contributed by atoms with Crippen molar-refractivity contribution in [3.63, 3.8) is 0 Å². The zero-order valence-corrected chi connectivity index (χ0v) is 8.58. The summed E-state index contributed by atoms with van der Waals surface area (Å²) in [6.45, 7) is -0.136. The van der Waals surface area contributed by atoms with Crippen LogP contribution in [0.5, 0.6) is 0 Å². The van der Waals surface area contributed by atoms with E-state index in [1.165, 1.54) is 7.11 Å². The van der Waals surface area contributed by atoms with Gasteiger partial charge >= 0.3 is 0 Å². The van der Waals surface area contributed by atoms with Crippen LogP contribution in [0.15, 0.2) is 0 Å². The van der Waals surface area contributed by atoms with Gasteiger partial charge in [0.05, 0.1) is 23.7 Å². The first kappa shape index (κ1) is 11.4. The third kappa shape index (κ3) is 2.93. The number of carbonyl (C=O) groups is 1. The van der Waals surface area contributed by atoms with Gasteiger partial charge in [-0.3, -0.25) is 4.79 Å². The molecule has 0 radical (unpaired) electrons. The van der Waals surface area contributed by atoms with Crippen LogP contribution in [0, 0.1) is 0 Å². The zero-order chi connectivity index (χ0) is 10.8. The number of ether oxygens (including phenoxy) is 1. The van der Waals surface area contributed by atoms with Gasteiger partial charge in [0.1, 0.15) is 6.61 Å². The number of hydrogen-bond donors (Lipinski definition) is 2. The second-order valence-corrected chi connectivity index (χ2v) is 5.41. The third-order valence-electron chi connectivity index (χ3n) is 1.94. The number of aliphatic hydroxyl groups is 1. The fourth-order valence-corrected chi connectivity index (χ4v) is 3.09. The predicted molar refractivity (Wildman–Crippen MR) is 48.5 cm³/mol. The van der Waals surface area contributed by atoms with Crippen LogP contribution in [0.1, 0.15) is 0 Å². The van der Waals surface area contributed by atoms with Crippen LogP contribution in [0.25, 0.3) is 0 Å². The fourth-order valence-electron chi connectivity index (χ4n) is 1.35. The molecule has 7 heteroatoms. The van der Waals surface area contributed by atoms with Crippen molar-refractivity contribution in [1.29, 1.82) is 0 Å². The van der Waals surface area contributed by atoms with Crippen molar-refractivity contribution in [3.8, 4) is 0 Å². The molecule has 6 nitrogen and oxygen atoms in total. The standard InChI is InChI=1S/C7H13NO5S/c1-13-2-7(10)8-5-3-14(11,12)4-6(5)9/h5-6,9H,2-4H2,1H3,(H,8,10)/t5-,6-/m1/s1. The maximum atomic E-state index is 11.0. The molecule has 1 aliphatic heterocycles. The van der Waals surface area contributed by atoms with E-state index >= 15 is 0 Å². The maximum absolute atomic E-state index is 11.0. The minimum absolute atomic E-state index is 0.136. The molecular formula is C7H13NO5S. The molecular weight excluding hydrogens is 210 g/mol. The van der Waals surface area contributed by atoms with Gasteiger partial charge in [-0.25, -0.2) is 8.42 Å². The molecule has 1 fully saturated rings. The van der Waals surface area contributed by atoms with Crippen LogP contribution < -0.4 is 5.32 Å². The Labute approximate surface area is 82.2 Å².